The monoisotopic (exact) mass is 288 g/mol. The van der Waals surface area contributed by atoms with Gasteiger partial charge in [0.15, 0.2) is 0 Å². The standard InChI is InChI=1S/C16H24N4O/c1-19-14-4-3-13(9-15(14)20(2)16(19)21)11-18-10-12-5-7-17-8-6-12/h3-4,9,12,17-18H,5-8,10-11H2,1-2H3. The molecule has 1 aromatic heterocycles. The van der Waals surface area contributed by atoms with Crippen molar-refractivity contribution in [3.63, 3.8) is 0 Å². The van der Waals surface area contributed by atoms with Crippen molar-refractivity contribution in [2.75, 3.05) is 19.6 Å². The molecule has 0 unspecified atom stereocenters. The predicted octanol–water partition coefficient (Wildman–Crippen LogP) is 0.966. The normalized spacial score (nSPS) is 16.7. The van der Waals surface area contributed by atoms with Crippen molar-refractivity contribution >= 4 is 11.0 Å². The van der Waals surface area contributed by atoms with Crippen LogP contribution in [-0.4, -0.2) is 28.8 Å². The van der Waals surface area contributed by atoms with Crippen molar-refractivity contribution in [3.8, 4) is 0 Å². The van der Waals surface area contributed by atoms with E-state index in [1.54, 1.807) is 9.13 Å². The number of hydrogen-bond acceptors (Lipinski definition) is 3. The van der Waals surface area contributed by atoms with E-state index in [1.807, 2.05) is 20.2 Å². The first-order chi connectivity index (χ1) is 10.2. The molecule has 2 N–H and O–H groups in total. The molecule has 0 atom stereocenters. The van der Waals surface area contributed by atoms with E-state index in [0.29, 0.717) is 0 Å². The van der Waals surface area contributed by atoms with Crippen LogP contribution < -0.4 is 16.3 Å². The molecule has 0 aliphatic carbocycles. The third-order valence-corrected chi connectivity index (χ3v) is 4.56. The Kier molecular flexibility index (Phi) is 4.12. The molecule has 1 aliphatic rings. The number of fused-ring (bicyclic) bond motifs is 1. The van der Waals surface area contributed by atoms with E-state index in [-0.39, 0.29) is 5.69 Å². The Hall–Kier alpha value is -1.59. The zero-order valence-corrected chi connectivity index (χ0v) is 12.9. The van der Waals surface area contributed by atoms with Crippen molar-refractivity contribution in [3.05, 3.63) is 34.2 Å². The Morgan fingerprint density at radius 3 is 2.67 bits per heavy atom. The molecule has 2 heterocycles. The second kappa shape index (κ2) is 6.03. The molecule has 5 nitrogen and oxygen atoms in total. The van der Waals surface area contributed by atoms with Gasteiger partial charge in [0.2, 0.25) is 0 Å². The predicted molar refractivity (Wildman–Crippen MR) is 85.5 cm³/mol. The first-order valence-corrected chi connectivity index (χ1v) is 7.72. The molecule has 0 spiro atoms. The molecule has 1 fully saturated rings. The number of aryl methyl sites for hydroxylation is 2. The molecule has 1 saturated heterocycles. The average Bonchev–Trinajstić information content (AvgIpc) is 2.73. The summed E-state index contributed by atoms with van der Waals surface area (Å²) in [5.74, 6) is 0.788. The highest BCUT2D eigenvalue weighted by Crippen LogP contribution is 2.14. The summed E-state index contributed by atoms with van der Waals surface area (Å²) in [6.07, 6.45) is 2.53. The van der Waals surface area contributed by atoms with E-state index in [9.17, 15) is 4.79 Å². The number of piperidine rings is 1. The summed E-state index contributed by atoms with van der Waals surface area (Å²) < 4.78 is 3.41. The number of rotatable bonds is 4. The third kappa shape index (κ3) is 2.89. The van der Waals surface area contributed by atoms with Gasteiger partial charge in [0, 0.05) is 20.6 Å². The average molecular weight is 288 g/mol. The number of imidazole rings is 1. The molecular weight excluding hydrogens is 264 g/mol. The SMILES string of the molecule is Cn1c(=O)n(C)c2cc(CNCC3CCNCC3)ccc21. The van der Waals surface area contributed by atoms with Gasteiger partial charge in [-0.2, -0.15) is 0 Å². The highest BCUT2D eigenvalue weighted by molar-refractivity contribution is 5.76. The summed E-state index contributed by atoms with van der Waals surface area (Å²) in [5.41, 5.74) is 3.26. The van der Waals surface area contributed by atoms with Gasteiger partial charge in [0.1, 0.15) is 0 Å². The fraction of sp³-hybridized carbons (Fsp3) is 0.562. The van der Waals surface area contributed by atoms with Gasteiger partial charge in [-0.25, -0.2) is 4.79 Å². The van der Waals surface area contributed by atoms with Gasteiger partial charge in [0.25, 0.3) is 0 Å². The number of nitrogens with one attached hydrogen (secondary N) is 2. The Bertz CT molecular complexity index is 679. The molecule has 2 aromatic rings. The Labute approximate surface area is 125 Å². The fourth-order valence-corrected chi connectivity index (χ4v) is 3.17. The molecule has 114 valence electrons. The summed E-state index contributed by atoms with van der Waals surface area (Å²) in [5, 5.41) is 6.95. The summed E-state index contributed by atoms with van der Waals surface area (Å²) in [7, 11) is 3.65. The van der Waals surface area contributed by atoms with Crippen LogP contribution in [0.4, 0.5) is 0 Å². The van der Waals surface area contributed by atoms with Gasteiger partial charge in [-0.15, -0.1) is 0 Å². The Morgan fingerprint density at radius 2 is 1.90 bits per heavy atom. The maximum atomic E-state index is 11.9. The van der Waals surface area contributed by atoms with Gasteiger partial charge < -0.3 is 10.6 Å². The van der Waals surface area contributed by atoms with Crippen LogP contribution in [0.1, 0.15) is 18.4 Å². The van der Waals surface area contributed by atoms with Crippen LogP contribution >= 0.6 is 0 Å². The minimum atomic E-state index is 0.0322. The van der Waals surface area contributed by atoms with Gasteiger partial charge in [-0.1, -0.05) is 6.07 Å². The molecule has 1 aromatic carbocycles. The maximum Gasteiger partial charge on any atom is 0.328 e. The van der Waals surface area contributed by atoms with Crippen LogP contribution in [0.5, 0.6) is 0 Å². The van der Waals surface area contributed by atoms with E-state index in [4.69, 9.17) is 0 Å². The first-order valence-electron chi connectivity index (χ1n) is 7.72. The van der Waals surface area contributed by atoms with Gasteiger partial charge in [0.05, 0.1) is 11.0 Å². The maximum absolute atomic E-state index is 11.9. The molecule has 0 radical (unpaired) electrons. The van der Waals surface area contributed by atoms with Crippen LogP contribution in [0.2, 0.25) is 0 Å². The largest absolute Gasteiger partial charge is 0.328 e. The molecule has 0 amide bonds. The number of aromatic nitrogens is 2. The summed E-state index contributed by atoms with van der Waals surface area (Å²) in [4.78, 5) is 11.9. The highest BCUT2D eigenvalue weighted by Gasteiger charge is 2.12. The zero-order chi connectivity index (χ0) is 14.8. The molecule has 0 bridgehead atoms. The number of benzene rings is 1. The van der Waals surface area contributed by atoms with Crippen LogP contribution in [0.25, 0.3) is 11.0 Å². The van der Waals surface area contributed by atoms with Crippen molar-refractivity contribution in [2.24, 2.45) is 20.0 Å². The van der Waals surface area contributed by atoms with Gasteiger partial charge >= 0.3 is 5.69 Å². The molecule has 21 heavy (non-hydrogen) atoms. The van der Waals surface area contributed by atoms with Crippen LogP contribution in [-0.2, 0) is 20.6 Å². The van der Waals surface area contributed by atoms with Crippen molar-refractivity contribution in [1.29, 1.82) is 0 Å². The zero-order valence-electron chi connectivity index (χ0n) is 12.9. The second-order valence-corrected chi connectivity index (χ2v) is 6.05. The quantitative estimate of drug-likeness (QED) is 0.881. The fourth-order valence-electron chi connectivity index (χ4n) is 3.17. The summed E-state index contributed by atoms with van der Waals surface area (Å²) in [6.45, 7) is 4.23. The first kappa shape index (κ1) is 14.4. The minimum Gasteiger partial charge on any atom is -0.317 e. The lowest BCUT2D eigenvalue weighted by Crippen LogP contribution is -2.33. The molecular formula is C16H24N4O. The van der Waals surface area contributed by atoms with Gasteiger partial charge in [-0.3, -0.25) is 9.13 Å². The smallest absolute Gasteiger partial charge is 0.317 e. The van der Waals surface area contributed by atoms with E-state index < -0.39 is 0 Å². The molecule has 1 aliphatic heterocycles. The molecule has 0 saturated carbocycles. The van der Waals surface area contributed by atoms with E-state index in [1.165, 1.54) is 18.4 Å². The van der Waals surface area contributed by atoms with E-state index in [2.05, 4.69) is 22.8 Å². The van der Waals surface area contributed by atoms with E-state index >= 15 is 0 Å². The molecule has 5 heteroatoms. The van der Waals surface area contributed by atoms with Crippen molar-refractivity contribution in [2.45, 2.75) is 19.4 Å². The van der Waals surface area contributed by atoms with Crippen molar-refractivity contribution < 1.29 is 0 Å². The number of nitrogens with zero attached hydrogens (tertiary/aromatic N) is 2. The molecule has 3 rings (SSSR count). The minimum absolute atomic E-state index is 0.0322. The van der Waals surface area contributed by atoms with Crippen LogP contribution in [0, 0.1) is 5.92 Å². The Morgan fingerprint density at radius 1 is 1.19 bits per heavy atom. The topological polar surface area (TPSA) is 51.0 Å². The van der Waals surface area contributed by atoms with Crippen LogP contribution in [0.15, 0.2) is 23.0 Å². The summed E-state index contributed by atoms with van der Waals surface area (Å²) in [6, 6.07) is 6.27. The van der Waals surface area contributed by atoms with Gasteiger partial charge in [-0.05, 0) is 56.1 Å². The number of hydrogen-bond donors (Lipinski definition) is 2. The second-order valence-electron chi connectivity index (χ2n) is 6.05. The third-order valence-electron chi connectivity index (χ3n) is 4.56. The van der Waals surface area contributed by atoms with Crippen molar-refractivity contribution in [1.82, 2.24) is 19.8 Å². The Balaban J connectivity index is 1.67. The highest BCUT2D eigenvalue weighted by atomic mass is 16.1. The van der Waals surface area contributed by atoms with Crippen LogP contribution in [0.3, 0.4) is 0 Å². The lowest BCUT2D eigenvalue weighted by Gasteiger charge is -2.22. The van der Waals surface area contributed by atoms with E-state index in [0.717, 1.165) is 43.1 Å². The lowest BCUT2D eigenvalue weighted by atomic mass is 9.98. The summed E-state index contributed by atoms with van der Waals surface area (Å²) >= 11 is 0. The lowest BCUT2D eigenvalue weighted by molar-refractivity contribution is 0.356.